The molecule has 0 radical (unpaired) electrons. The van der Waals surface area contributed by atoms with E-state index in [0.29, 0.717) is 18.8 Å². The molecule has 3 rings (SSSR count). The Labute approximate surface area is 148 Å². The number of amides is 1. The Balaban J connectivity index is 1.71. The zero-order chi connectivity index (χ0) is 17.6. The zero-order valence-corrected chi connectivity index (χ0v) is 15.0. The molecule has 0 fully saturated rings. The summed E-state index contributed by atoms with van der Waals surface area (Å²) in [6.07, 6.45) is 2.98. The summed E-state index contributed by atoms with van der Waals surface area (Å²) in [6.45, 7) is 4.82. The summed E-state index contributed by atoms with van der Waals surface area (Å²) in [5, 5.41) is 10.8. The normalized spacial score (nSPS) is 13.0. The van der Waals surface area contributed by atoms with Crippen molar-refractivity contribution in [2.45, 2.75) is 26.2 Å². The molecule has 25 heavy (non-hydrogen) atoms. The summed E-state index contributed by atoms with van der Waals surface area (Å²) in [6, 6.07) is 8.16. The molecule has 1 aliphatic rings. The van der Waals surface area contributed by atoms with Gasteiger partial charge in [-0.3, -0.25) is 4.79 Å². The molecule has 2 aromatic rings. The van der Waals surface area contributed by atoms with Gasteiger partial charge in [-0.1, -0.05) is 18.2 Å². The average Bonchev–Trinajstić information content (AvgIpc) is 3.21. The van der Waals surface area contributed by atoms with Crippen molar-refractivity contribution in [3.8, 4) is 5.69 Å². The van der Waals surface area contributed by atoms with Gasteiger partial charge in [-0.2, -0.15) is 5.10 Å². The Morgan fingerprint density at radius 3 is 2.88 bits per heavy atom. The third-order valence-corrected chi connectivity index (χ3v) is 4.56. The highest BCUT2D eigenvalue weighted by molar-refractivity contribution is 5.94. The molecule has 0 spiro atoms. The molecule has 0 bridgehead atoms. The van der Waals surface area contributed by atoms with Gasteiger partial charge < -0.3 is 15.4 Å². The van der Waals surface area contributed by atoms with Crippen molar-refractivity contribution in [3.05, 3.63) is 46.8 Å². The fourth-order valence-electron chi connectivity index (χ4n) is 3.27. The van der Waals surface area contributed by atoms with Crippen molar-refractivity contribution in [3.63, 3.8) is 0 Å². The third-order valence-electron chi connectivity index (χ3n) is 4.56. The number of para-hydroxylation sites is 1. The van der Waals surface area contributed by atoms with Crippen molar-refractivity contribution in [1.82, 2.24) is 20.4 Å². The molecule has 2 N–H and O–H groups in total. The predicted molar refractivity (Wildman–Crippen MR) is 97.4 cm³/mol. The van der Waals surface area contributed by atoms with Crippen LogP contribution in [0.2, 0.25) is 0 Å². The average molecular weight is 342 g/mol. The van der Waals surface area contributed by atoms with Gasteiger partial charge in [0.25, 0.3) is 5.91 Å². The van der Waals surface area contributed by atoms with Gasteiger partial charge in [0.05, 0.1) is 12.3 Å². The van der Waals surface area contributed by atoms with Crippen molar-refractivity contribution < 1.29 is 9.53 Å². The number of benzene rings is 1. The van der Waals surface area contributed by atoms with Gasteiger partial charge in [-0.15, -0.1) is 0 Å². The van der Waals surface area contributed by atoms with Crippen molar-refractivity contribution in [2.75, 3.05) is 33.4 Å². The minimum Gasteiger partial charge on any atom is -0.383 e. The van der Waals surface area contributed by atoms with E-state index in [-0.39, 0.29) is 5.91 Å². The van der Waals surface area contributed by atoms with Crippen LogP contribution in [0.15, 0.2) is 24.3 Å². The van der Waals surface area contributed by atoms with Crippen LogP contribution in [0.3, 0.4) is 0 Å². The largest absolute Gasteiger partial charge is 0.383 e. The SMILES string of the molecule is COCCNCCNC(=O)c1nn(-c2ccccc2C)c2c1CCC2. The number of nitrogens with zero attached hydrogens (tertiary/aromatic N) is 2. The topological polar surface area (TPSA) is 68.2 Å². The lowest BCUT2D eigenvalue weighted by Gasteiger charge is -2.08. The first-order valence-electron chi connectivity index (χ1n) is 8.87. The highest BCUT2D eigenvalue weighted by Crippen LogP contribution is 2.28. The number of nitrogens with one attached hydrogen (secondary N) is 2. The van der Waals surface area contributed by atoms with E-state index in [0.717, 1.165) is 49.2 Å². The fraction of sp³-hybridized carbons (Fsp3) is 0.474. The number of hydrogen-bond acceptors (Lipinski definition) is 4. The van der Waals surface area contributed by atoms with Gasteiger partial charge in [0.15, 0.2) is 5.69 Å². The molecule has 1 heterocycles. The molecule has 0 atom stereocenters. The van der Waals surface area contributed by atoms with Crippen molar-refractivity contribution >= 4 is 5.91 Å². The third kappa shape index (κ3) is 3.91. The van der Waals surface area contributed by atoms with E-state index in [1.165, 1.54) is 5.69 Å². The van der Waals surface area contributed by atoms with Gasteiger partial charge in [0.1, 0.15) is 0 Å². The lowest BCUT2D eigenvalue weighted by molar-refractivity contribution is 0.0947. The highest BCUT2D eigenvalue weighted by Gasteiger charge is 2.27. The van der Waals surface area contributed by atoms with E-state index in [9.17, 15) is 4.79 Å². The molecular formula is C19H26N4O2. The molecule has 1 amide bonds. The maximum atomic E-state index is 12.6. The Hall–Kier alpha value is -2.18. The predicted octanol–water partition coefficient (Wildman–Crippen LogP) is 1.64. The van der Waals surface area contributed by atoms with Gasteiger partial charge in [0, 0.05) is 38.0 Å². The molecular weight excluding hydrogens is 316 g/mol. The lowest BCUT2D eigenvalue weighted by Crippen LogP contribution is -2.33. The van der Waals surface area contributed by atoms with Crippen LogP contribution in [-0.4, -0.2) is 49.0 Å². The monoisotopic (exact) mass is 342 g/mol. The number of fused-ring (bicyclic) bond motifs is 1. The van der Waals surface area contributed by atoms with Gasteiger partial charge >= 0.3 is 0 Å². The van der Waals surface area contributed by atoms with E-state index in [1.807, 2.05) is 16.8 Å². The summed E-state index contributed by atoms with van der Waals surface area (Å²) in [5.74, 6) is -0.0842. The Kier molecular flexibility index (Phi) is 5.83. The standard InChI is InChI=1S/C19H26N4O2/c1-14-6-3-4-8-16(14)23-17-9-5-7-15(17)18(22-23)19(24)21-11-10-20-12-13-25-2/h3-4,6,8,20H,5,7,9-13H2,1-2H3,(H,21,24). The zero-order valence-electron chi connectivity index (χ0n) is 15.0. The first-order chi connectivity index (χ1) is 12.2. The van der Waals surface area contributed by atoms with E-state index in [4.69, 9.17) is 4.74 Å². The molecule has 6 heteroatoms. The van der Waals surface area contributed by atoms with Crippen LogP contribution in [0.5, 0.6) is 0 Å². The summed E-state index contributed by atoms with van der Waals surface area (Å²) in [5.41, 5.74) is 5.08. The quantitative estimate of drug-likeness (QED) is 0.716. The number of aryl methyl sites for hydroxylation is 1. The number of methoxy groups -OCH3 is 1. The Morgan fingerprint density at radius 1 is 1.24 bits per heavy atom. The molecule has 0 saturated heterocycles. The maximum absolute atomic E-state index is 12.6. The number of carbonyl (C=O) groups excluding carboxylic acids is 1. The molecule has 0 saturated carbocycles. The molecule has 6 nitrogen and oxygen atoms in total. The van der Waals surface area contributed by atoms with Crippen LogP contribution >= 0.6 is 0 Å². The summed E-state index contributed by atoms with van der Waals surface area (Å²) in [4.78, 5) is 12.6. The first-order valence-corrected chi connectivity index (χ1v) is 8.87. The van der Waals surface area contributed by atoms with Gasteiger partial charge in [-0.25, -0.2) is 4.68 Å². The summed E-state index contributed by atoms with van der Waals surface area (Å²) >= 11 is 0. The Bertz CT molecular complexity index is 739. The van der Waals surface area contributed by atoms with Crippen molar-refractivity contribution in [1.29, 1.82) is 0 Å². The number of carbonyl (C=O) groups is 1. The maximum Gasteiger partial charge on any atom is 0.272 e. The van der Waals surface area contributed by atoms with Crippen LogP contribution in [0.1, 0.15) is 33.7 Å². The number of aromatic nitrogens is 2. The molecule has 0 unspecified atom stereocenters. The fourth-order valence-corrected chi connectivity index (χ4v) is 3.27. The van der Waals surface area contributed by atoms with Crippen LogP contribution in [0.4, 0.5) is 0 Å². The summed E-state index contributed by atoms with van der Waals surface area (Å²) in [7, 11) is 1.68. The van der Waals surface area contributed by atoms with E-state index in [1.54, 1.807) is 7.11 Å². The second-order valence-corrected chi connectivity index (χ2v) is 6.32. The molecule has 0 aliphatic heterocycles. The first kappa shape index (κ1) is 17.6. The summed E-state index contributed by atoms with van der Waals surface area (Å²) < 4.78 is 6.94. The minimum atomic E-state index is -0.0842. The van der Waals surface area contributed by atoms with Crippen LogP contribution < -0.4 is 10.6 Å². The lowest BCUT2D eigenvalue weighted by atomic mass is 10.2. The van der Waals surface area contributed by atoms with E-state index >= 15 is 0 Å². The molecule has 1 aromatic carbocycles. The van der Waals surface area contributed by atoms with Crippen LogP contribution in [0, 0.1) is 6.92 Å². The minimum absolute atomic E-state index is 0.0842. The van der Waals surface area contributed by atoms with E-state index in [2.05, 4.69) is 34.8 Å². The second kappa shape index (κ2) is 8.27. The molecule has 134 valence electrons. The van der Waals surface area contributed by atoms with Crippen LogP contribution in [-0.2, 0) is 17.6 Å². The van der Waals surface area contributed by atoms with Gasteiger partial charge in [0.2, 0.25) is 0 Å². The number of hydrogen-bond donors (Lipinski definition) is 2. The number of ether oxygens (including phenoxy) is 1. The van der Waals surface area contributed by atoms with Crippen molar-refractivity contribution in [2.24, 2.45) is 0 Å². The van der Waals surface area contributed by atoms with Crippen LogP contribution in [0.25, 0.3) is 5.69 Å². The molecule has 1 aromatic heterocycles. The smallest absolute Gasteiger partial charge is 0.272 e. The van der Waals surface area contributed by atoms with Gasteiger partial charge in [-0.05, 0) is 37.8 Å². The van der Waals surface area contributed by atoms with E-state index < -0.39 is 0 Å². The number of rotatable bonds is 8. The second-order valence-electron chi connectivity index (χ2n) is 6.32. The Morgan fingerprint density at radius 2 is 2.08 bits per heavy atom. The highest BCUT2D eigenvalue weighted by atomic mass is 16.5. The molecule has 1 aliphatic carbocycles.